The van der Waals surface area contributed by atoms with Crippen LogP contribution in [0.1, 0.15) is 25.8 Å². The minimum atomic E-state index is -0.591. The first-order valence-corrected chi connectivity index (χ1v) is 7.80. The van der Waals surface area contributed by atoms with Gasteiger partial charge in [0.2, 0.25) is 0 Å². The highest BCUT2D eigenvalue weighted by Gasteiger charge is 2.13. The van der Waals surface area contributed by atoms with Crippen LogP contribution in [0, 0.1) is 17.6 Å². The minimum Gasteiger partial charge on any atom is -0.469 e. The summed E-state index contributed by atoms with van der Waals surface area (Å²) in [6, 6.07) is 2.66. The second-order valence-corrected chi connectivity index (χ2v) is 6.19. The van der Waals surface area contributed by atoms with E-state index in [1.807, 2.05) is 0 Å². The molecule has 0 aliphatic rings. The summed E-state index contributed by atoms with van der Waals surface area (Å²) in [5.41, 5.74) is 0.572. The molecule has 0 heterocycles. The Labute approximate surface area is 128 Å². The smallest absolute Gasteiger partial charge is 0.306 e. The first kappa shape index (κ1) is 17.9. The zero-order valence-electron chi connectivity index (χ0n) is 12.5. The lowest BCUT2D eigenvalue weighted by molar-refractivity contribution is -0.140. The van der Waals surface area contributed by atoms with Gasteiger partial charge in [-0.15, -0.1) is 11.8 Å². The quantitative estimate of drug-likeness (QED) is 0.589. The topological polar surface area (TPSA) is 38.3 Å². The van der Waals surface area contributed by atoms with Crippen molar-refractivity contribution in [2.75, 3.05) is 19.4 Å². The predicted molar refractivity (Wildman–Crippen MR) is 80.3 cm³/mol. The SMILES string of the molecule is COC(=O)CCSc1c(F)cc(CNCC(C)C)cc1F. The van der Waals surface area contributed by atoms with Crippen molar-refractivity contribution in [1.29, 1.82) is 0 Å². The first-order chi connectivity index (χ1) is 9.93. The number of thioether (sulfide) groups is 1. The Morgan fingerprint density at radius 1 is 1.33 bits per heavy atom. The maximum atomic E-state index is 13.9. The van der Waals surface area contributed by atoms with Crippen LogP contribution in [0.4, 0.5) is 8.78 Å². The van der Waals surface area contributed by atoms with Crippen LogP contribution in [0.2, 0.25) is 0 Å². The molecule has 0 bridgehead atoms. The van der Waals surface area contributed by atoms with E-state index in [1.54, 1.807) is 0 Å². The number of carbonyl (C=O) groups is 1. The number of carbonyl (C=O) groups excluding carboxylic acids is 1. The van der Waals surface area contributed by atoms with Gasteiger partial charge in [0, 0.05) is 12.3 Å². The number of esters is 1. The second-order valence-electron chi connectivity index (χ2n) is 5.09. The number of hydrogen-bond acceptors (Lipinski definition) is 4. The molecule has 0 saturated heterocycles. The summed E-state index contributed by atoms with van der Waals surface area (Å²) in [5.74, 6) is -0.811. The van der Waals surface area contributed by atoms with Gasteiger partial charge < -0.3 is 10.1 Å². The van der Waals surface area contributed by atoms with E-state index in [9.17, 15) is 13.6 Å². The van der Waals surface area contributed by atoms with Gasteiger partial charge in [-0.05, 0) is 30.2 Å². The standard InChI is InChI=1S/C15H21F2NO2S/c1-10(2)8-18-9-11-6-12(16)15(13(17)7-11)21-5-4-14(19)20-3/h6-7,10,18H,4-5,8-9H2,1-3H3. The monoisotopic (exact) mass is 317 g/mol. The van der Waals surface area contributed by atoms with Gasteiger partial charge in [-0.1, -0.05) is 13.8 Å². The molecule has 0 spiro atoms. The molecule has 0 aliphatic heterocycles. The summed E-state index contributed by atoms with van der Waals surface area (Å²) in [6.45, 7) is 5.35. The number of hydrogen-bond donors (Lipinski definition) is 1. The van der Waals surface area contributed by atoms with Crippen molar-refractivity contribution in [2.45, 2.75) is 31.7 Å². The van der Waals surface area contributed by atoms with Gasteiger partial charge in [0.05, 0.1) is 18.4 Å². The first-order valence-electron chi connectivity index (χ1n) is 6.82. The van der Waals surface area contributed by atoms with E-state index in [2.05, 4.69) is 23.9 Å². The van der Waals surface area contributed by atoms with Crippen LogP contribution >= 0.6 is 11.8 Å². The Morgan fingerprint density at radius 2 is 1.95 bits per heavy atom. The average molecular weight is 317 g/mol. The fourth-order valence-corrected chi connectivity index (χ4v) is 2.56. The molecule has 1 aromatic rings. The molecule has 1 aromatic carbocycles. The van der Waals surface area contributed by atoms with E-state index in [0.717, 1.165) is 18.3 Å². The van der Waals surface area contributed by atoms with Crippen LogP contribution in [-0.4, -0.2) is 25.4 Å². The number of ether oxygens (including phenoxy) is 1. The highest BCUT2D eigenvalue weighted by molar-refractivity contribution is 7.99. The van der Waals surface area contributed by atoms with Crippen molar-refractivity contribution in [3.63, 3.8) is 0 Å². The molecule has 118 valence electrons. The molecule has 3 nitrogen and oxygen atoms in total. The van der Waals surface area contributed by atoms with Crippen molar-refractivity contribution in [3.8, 4) is 0 Å². The summed E-state index contributed by atoms with van der Waals surface area (Å²) in [4.78, 5) is 10.9. The Hall–Kier alpha value is -1.14. The van der Waals surface area contributed by atoms with Crippen molar-refractivity contribution < 1.29 is 18.3 Å². The van der Waals surface area contributed by atoms with Crippen LogP contribution in [0.3, 0.4) is 0 Å². The van der Waals surface area contributed by atoms with Crippen LogP contribution in [0.5, 0.6) is 0 Å². The molecule has 0 aromatic heterocycles. The summed E-state index contributed by atoms with van der Waals surface area (Å²) in [6.07, 6.45) is 0.123. The molecule has 1 rings (SSSR count). The third-order valence-corrected chi connectivity index (χ3v) is 3.81. The molecular formula is C15H21F2NO2S. The van der Waals surface area contributed by atoms with Gasteiger partial charge >= 0.3 is 5.97 Å². The van der Waals surface area contributed by atoms with Crippen LogP contribution in [-0.2, 0) is 16.1 Å². The van der Waals surface area contributed by atoms with Gasteiger partial charge in [0.1, 0.15) is 11.6 Å². The van der Waals surface area contributed by atoms with Crippen molar-refractivity contribution in [3.05, 3.63) is 29.3 Å². The van der Waals surface area contributed by atoms with Crippen molar-refractivity contribution in [1.82, 2.24) is 5.32 Å². The normalized spacial score (nSPS) is 11.0. The second kappa shape index (κ2) is 9.00. The van der Waals surface area contributed by atoms with Gasteiger partial charge in [-0.3, -0.25) is 4.79 Å². The van der Waals surface area contributed by atoms with Crippen LogP contribution in [0.15, 0.2) is 17.0 Å². The molecule has 0 aliphatic carbocycles. The zero-order chi connectivity index (χ0) is 15.8. The molecular weight excluding hydrogens is 296 g/mol. The molecule has 0 unspecified atom stereocenters. The minimum absolute atomic E-state index is 0.0495. The van der Waals surface area contributed by atoms with Gasteiger partial charge in [-0.25, -0.2) is 8.78 Å². The predicted octanol–water partition coefficient (Wildman–Crippen LogP) is 3.37. The number of halogens is 2. The van der Waals surface area contributed by atoms with Gasteiger partial charge in [0.25, 0.3) is 0 Å². The molecule has 6 heteroatoms. The average Bonchev–Trinajstić information content (AvgIpc) is 2.41. The number of rotatable bonds is 8. The number of benzene rings is 1. The lowest BCUT2D eigenvalue weighted by atomic mass is 10.2. The molecule has 1 N–H and O–H groups in total. The fraction of sp³-hybridized carbons (Fsp3) is 0.533. The van der Waals surface area contributed by atoms with E-state index in [4.69, 9.17) is 0 Å². The van der Waals surface area contributed by atoms with Crippen molar-refractivity contribution >= 4 is 17.7 Å². The summed E-state index contributed by atoms with van der Waals surface area (Å²) in [7, 11) is 1.28. The maximum absolute atomic E-state index is 13.9. The van der Waals surface area contributed by atoms with E-state index in [0.29, 0.717) is 18.0 Å². The Balaban J connectivity index is 2.60. The number of methoxy groups -OCH3 is 1. The molecule has 0 fully saturated rings. The Morgan fingerprint density at radius 3 is 2.48 bits per heavy atom. The van der Waals surface area contributed by atoms with E-state index in [-0.39, 0.29) is 17.1 Å². The van der Waals surface area contributed by atoms with E-state index < -0.39 is 17.6 Å². The van der Waals surface area contributed by atoms with Gasteiger partial charge in [0.15, 0.2) is 0 Å². The molecule has 0 saturated carbocycles. The Kier molecular flexibility index (Phi) is 7.67. The lowest BCUT2D eigenvalue weighted by Gasteiger charge is -2.10. The lowest BCUT2D eigenvalue weighted by Crippen LogP contribution is -2.19. The largest absolute Gasteiger partial charge is 0.469 e. The zero-order valence-corrected chi connectivity index (χ0v) is 13.4. The van der Waals surface area contributed by atoms with E-state index in [1.165, 1.54) is 19.2 Å². The van der Waals surface area contributed by atoms with Crippen LogP contribution in [0.25, 0.3) is 0 Å². The van der Waals surface area contributed by atoms with Crippen LogP contribution < -0.4 is 5.32 Å². The van der Waals surface area contributed by atoms with E-state index >= 15 is 0 Å². The van der Waals surface area contributed by atoms with Crippen molar-refractivity contribution in [2.24, 2.45) is 5.92 Å². The highest BCUT2D eigenvalue weighted by Crippen LogP contribution is 2.27. The Bertz CT molecular complexity index is 458. The molecule has 21 heavy (non-hydrogen) atoms. The van der Waals surface area contributed by atoms with Gasteiger partial charge in [-0.2, -0.15) is 0 Å². The summed E-state index contributed by atoms with van der Waals surface area (Å²) < 4.78 is 32.3. The molecule has 0 radical (unpaired) electrons. The molecule has 0 amide bonds. The maximum Gasteiger partial charge on any atom is 0.306 e. The third kappa shape index (κ3) is 6.44. The summed E-state index contributed by atoms with van der Waals surface area (Å²) in [5, 5.41) is 3.14. The summed E-state index contributed by atoms with van der Waals surface area (Å²) >= 11 is 0.984. The highest BCUT2D eigenvalue weighted by atomic mass is 32.2. The third-order valence-electron chi connectivity index (χ3n) is 2.72. The number of nitrogens with one attached hydrogen (secondary N) is 1. The fourth-order valence-electron chi connectivity index (χ4n) is 1.70. The molecule has 0 atom stereocenters.